The SMILES string of the molecule is NCCC1C2CC3CC1CC(c1ccc(N)cc1)(C3)C2. The normalized spacial score (nSPS) is 42.0. The number of nitrogens with two attached hydrogens (primary N) is 2. The van der Waals surface area contributed by atoms with Crippen LogP contribution in [-0.4, -0.2) is 6.54 Å². The Morgan fingerprint density at radius 2 is 1.65 bits per heavy atom. The first-order valence-corrected chi connectivity index (χ1v) is 8.26. The molecule has 108 valence electrons. The highest BCUT2D eigenvalue weighted by atomic mass is 14.6. The van der Waals surface area contributed by atoms with E-state index < -0.39 is 0 Å². The van der Waals surface area contributed by atoms with Crippen molar-refractivity contribution in [2.75, 3.05) is 12.3 Å². The zero-order valence-electron chi connectivity index (χ0n) is 12.2. The van der Waals surface area contributed by atoms with Gasteiger partial charge in [0, 0.05) is 5.69 Å². The van der Waals surface area contributed by atoms with Gasteiger partial charge in [0.25, 0.3) is 0 Å². The summed E-state index contributed by atoms with van der Waals surface area (Å²) in [5.74, 6) is 3.75. The zero-order valence-corrected chi connectivity index (χ0v) is 12.2. The molecule has 4 aliphatic rings. The van der Waals surface area contributed by atoms with Crippen LogP contribution in [0.25, 0.3) is 0 Å². The maximum atomic E-state index is 5.87. The molecule has 4 aliphatic carbocycles. The van der Waals surface area contributed by atoms with Crippen molar-refractivity contribution in [3.63, 3.8) is 0 Å². The van der Waals surface area contributed by atoms with E-state index in [4.69, 9.17) is 11.5 Å². The molecule has 4 N–H and O–H groups in total. The van der Waals surface area contributed by atoms with Crippen molar-refractivity contribution in [1.82, 2.24) is 0 Å². The van der Waals surface area contributed by atoms with Crippen molar-refractivity contribution < 1.29 is 0 Å². The standard InChI is InChI=1S/C18H26N2/c19-6-5-17-13-7-12-8-14(17)11-18(9-12,10-13)15-1-3-16(20)4-2-15/h1-4,12-14,17H,5-11,19-20H2. The predicted molar refractivity (Wildman–Crippen MR) is 83.2 cm³/mol. The van der Waals surface area contributed by atoms with Gasteiger partial charge in [-0.15, -0.1) is 0 Å². The molecule has 0 spiro atoms. The van der Waals surface area contributed by atoms with E-state index in [0.717, 1.165) is 35.9 Å². The van der Waals surface area contributed by atoms with Crippen molar-refractivity contribution in [1.29, 1.82) is 0 Å². The van der Waals surface area contributed by atoms with Crippen LogP contribution in [0.2, 0.25) is 0 Å². The molecule has 0 heterocycles. The first-order valence-electron chi connectivity index (χ1n) is 8.26. The van der Waals surface area contributed by atoms with Crippen molar-refractivity contribution in [2.24, 2.45) is 29.4 Å². The summed E-state index contributed by atoms with van der Waals surface area (Å²) < 4.78 is 0. The van der Waals surface area contributed by atoms with Crippen LogP contribution in [0.15, 0.2) is 24.3 Å². The second kappa shape index (κ2) is 4.49. The molecule has 2 nitrogen and oxygen atoms in total. The molecular weight excluding hydrogens is 244 g/mol. The summed E-state index contributed by atoms with van der Waals surface area (Å²) in [7, 11) is 0. The fraction of sp³-hybridized carbons (Fsp3) is 0.667. The zero-order chi connectivity index (χ0) is 13.7. The molecule has 0 radical (unpaired) electrons. The van der Waals surface area contributed by atoms with Crippen LogP contribution in [0.5, 0.6) is 0 Å². The van der Waals surface area contributed by atoms with E-state index in [1.165, 1.54) is 38.5 Å². The summed E-state index contributed by atoms with van der Waals surface area (Å²) in [5, 5.41) is 0. The van der Waals surface area contributed by atoms with Crippen molar-refractivity contribution in [3.05, 3.63) is 29.8 Å². The molecule has 5 rings (SSSR count). The molecule has 0 aliphatic heterocycles. The smallest absolute Gasteiger partial charge is 0.0314 e. The summed E-state index contributed by atoms with van der Waals surface area (Å²) in [5.41, 5.74) is 14.6. The van der Waals surface area contributed by atoms with Gasteiger partial charge < -0.3 is 11.5 Å². The van der Waals surface area contributed by atoms with Gasteiger partial charge in [-0.25, -0.2) is 0 Å². The molecule has 2 atom stereocenters. The van der Waals surface area contributed by atoms with E-state index in [1.807, 2.05) is 0 Å². The first kappa shape index (κ1) is 12.7. The molecule has 4 fully saturated rings. The molecule has 4 bridgehead atoms. The molecule has 0 saturated heterocycles. The lowest BCUT2D eigenvalue weighted by Gasteiger charge is -2.60. The fourth-order valence-electron chi connectivity index (χ4n) is 5.98. The third-order valence-corrected chi connectivity index (χ3v) is 6.49. The van der Waals surface area contributed by atoms with Crippen LogP contribution in [0.4, 0.5) is 5.69 Å². The van der Waals surface area contributed by atoms with Gasteiger partial charge in [0.1, 0.15) is 0 Å². The maximum Gasteiger partial charge on any atom is 0.0314 e. The van der Waals surface area contributed by atoms with Crippen LogP contribution in [-0.2, 0) is 5.41 Å². The molecule has 20 heavy (non-hydrogen) atoms. The van der Waals surface area contributed by atoms with Gasteiger partial charge in [-0.2, -0.15) is 0 Å². The molecule has 0 aromatic heterocycles. The highest BCUT2D eigenvalue weighted by molar-refractivity contribution is 5.42. The van der Waals surface area contributed by atoms with Gasteiger partial charge in [-0.3, -0.25) is 0 Å². The second-order valence-electron chi connectivity index (χ2n) is 7.61. The first-order chi connectivity index (χ1) is 9.70. The highest BCUT2D eigenvalue weighted by Gasteiger charge is 2.55. The molecule has 2 unspecified atom stereocenters. The number of anilines is 1. The number of rotatable bonds is 3. The van der Waals surface area contributed by atoms with Gasteiger partial charge in [0.2, 0.25) is 0 Å². The van der Waals surface area contributed by atoms with Crippen molar-refractivity contribution in [3.8, 4) is 0 Å². The Kier molecular flexibility index (Phi) is 2.85. The Morgan fingerprint density at radius 3 is 2.25 bits per heavy atom. The average Bonchev–Trinajstić information content (AvgIpc) is 2.43. The van der Waals surface area contributed by atoms with E-state index in [0.29, 0.717) is 5.41 Å². The number of hydrogen-bond donors (Lipinski definition) is 2. The maximum absolute atomic E-state index is 5.87. The Hall–Kier alpha value is -1.02. The summed E-state index contributed by atoms with van der Waals surface area (Å²) in [6.45, 7) is 0.872. The lowest BCUT2D eigenvalue weighted by molar-refractivity contribution is -0.0581. The van der Waals surface area contributed by atoms with E-state index in [-0.39, 0.29) is 0 Å². The lowest BCUT2D eigenvalue weighted by Crippen LogP contribution is -2.53. The Labute approximate surface area is 121 Å². The molecular formula is C18H26N2. The third kappa shape index (κ3) is 1.81. The van der Waals surface area contributed by atoms with Gasteiger partial charge in [0.05, 0.1) is 0 Å². The predicted octanol–water partition coefficient (Wildman–Crippen LogP) is 3.31. The minimum Gasteiger partial charge on any atom is -0.399 e. The van der Waals surface area contributed by atoms with Gasteiger partial charge in [-0.05, 0) is 91.9 Å². The van der Waals surface area contributed by atoms with E-state index in [9.17, 15) is 0 Å². The Morgan fingerprint density at radius 1 is 1.00 bits per heavy atom. The fourth-order valence-corrected chi connectivity index (χ4v) is 5.98. The highest BCUT2D eigenvalue weighted by Crippen LogP contribution is 2.63. The molecule has 1 aromatic rings. The van der Waals surface area contributed by atoms with Crippen LogP contribution in [0.1, 0.15) is 44.1 Å². The minimum atomic E-state index is 0.468. The second-order valence-corrected chi connectivity index (χ2v) is 7.61. The van der Waals surface area contributed by atoms with Crippen LogP contribution >= 0.6 is 0 Å². The molecule has 2 heteroatoms. The molecule has 4 saturated carbocycles. The van der Waals surface area contributed by atoms with Gasteiger partial charge >= 0.3 is 0 Å². The average molecular weight is 270 g/mol. The largest absolute Gasteiger partial charge is 0.399 e. The van der Waals surface area contributed by atoms with E-state index in [1.54, 1.807) is 5.56 Å². The summed E-state index contributed by atoms with van der Waals surface area (Å²) in [4.78, 5) is 0. The molecule has 1 aromatic carbocycles. The summed E-state index contributed by atoms with van der Waals surface area (Å²) in [6.07, 6.45) is 8.40. The quantitative estimate of drug-likeness (QED) is 0.828. The van der Waals surface area contributed by atoms with Crippen LogP contribution in [0, 0.1) is 23.7 Å². The van der Waals surface area contributed by atoms with E-state index >= 15 is 0 Å². The number of benzene rings is 1. The van der Waals surface area contributed by atoms with E-state index in [2.05, 4.69) is 24.3 Å². The number of nitrogen functional groups attached to an aromatic ring is 1. The topological polar surface area (TPSA) is 52.0 Å². The van der Waals surface area contributed by atoms with Crippen molar-refractivity contribution >= 4 is 5.69 Å². The minimum absolute atomic E-state index is 0.468. The Bertz CT molecular complexity index is 477. The molecule has 0 amide bonds. The van der Waals surface area contributed by atoms with Gasteiger partial charge in [-0.1, -0.05) is 12.1 Å². The summed E-state index contributed by atoms with van der Waals surface area (Å²) in [6, 6.07) is 8.76. The number of hydrogen-bond acceptors (Lipinski definition) is 2. The van der Waals surface area contributed by atoms with Crippen LogP contribution < -0.4 is 11.5 Å². The van der Waals surface area contributed by atoms with Crippen LogP contribution in [0.3, 0.4) is 0 Å². The monoisotopic (exact) mass is 270 g/mol. The Balaban J connectivity index is 1.66. The summed E-state index contributed by atoms with van der Waals surface area (Å²) >= 11 is 0. The van der Waals surface area contributed by atoms with Gasteiger partial charge in [0.15, 0.2) is 0 Å². The third-order valence-electron chi connectivity index (χ3n) is 6.49. The lowest BCUT2D eigenvalue weighted by atomic mass is 9.44. The van der Waals surface area contributed by atoms with Crippen molar-refractivity contribution in [2.45, 2.75) is 43.9 Å².